The average Bonchev–Trinajstić information content (AvgIpc) is 3.07. The van der Waals surface area contributed by atoms with Crippen LogP contribution in [0.1, 0.15) is 13.3 Å². The molecular weight excluding hydrogens is 272 g/mol. The molecule has 0 spiro atoms. The van der Waals surface area contributed by atoms with Crippen LogP contribution >= 0.6 is 11.3 Å². The van der Waals surface area contributed by atoms with Crippen molar-refractivity contribution >= 4 is 16.5 Å². The van der Waals surface area contributed by atoms with Gasteiger partial charge in [-0.2, -0.15) is 4.80 Å². The second-order valence-electron chi connectivity index (χ2n) is 4.30. The van der Waals surface area contributed by atoms with E-state index in [1.807, 2.05) is 30.3 Å². The molecule has 0 bridgehead atoms. The number of thiazole rings is 1. The zero-order chi connectivity index (χ0) is 13.9. The summed E-state index contributed by atoms with van der Waals surface area (Å²) < 4.78 is 0. The lowest BCUT2D eigenvalue weighted by atomic mass is 10.1. The van der Waals surface area contributed by atoms with Crippen molar-refractivity contribution in [2.75, 3.05) is 5.73 Å². The molecule has 0 unspecified atom stereocenters. The molecule has 0 saturated heterocycles. The van der Waals surface area contributed by atoms with Crippen molar-refractivity contribution < 1.29 is 0 Å². The van der Waals surface area contributed by atoms with Crippen LogP contribution in [-0.4, -0.2) is 25.2 Å². The van der Waals surface area contributed by atoms with Crippen molar-refractivity contribution in [3.63, 3.8) is 0 Å². The molecule has 0 aliphatic heterocycles. The maximum Gasteiger partial charge on any atom is 0.217 e. The summed E-state index contributed by atoms with van der Waals surface area (Å²) in [7, 11) is 0. The Hall–Kier alpha value is -2.28. The molecule has 2 aromatic heterocycles. The fourth-order valence-electron chi connectivity index (χ4n) is 1.91. The molecule has 0 fully saturated rings. The van der Waals surface area contributed by atoms with E-state index in [-0.39, 0.29) is 0 Å². The van der Waals surface area contributed by atoms with Crippen molar-refractivity contribution in [3.05, 3.63) is 30.3 Å². The predicted octanol–water partition coefficient (Wildman–Crippen LogP) is 2.46. The fraction of sp³-hybridized carbons (Fsp3) is 0.231. The number of rotatable bonds is 4. The molecule has 20 heavy (non-hydrogen) atoms. The minimum absolute atomic E-state index is 0.505. The number of nitrogens with two attached hydrogens (primary N) is 1. The van der Waals surface area contributed by atoms with Gasteiger partial charge in [-0.1, -0.05) is 48.6 Å². The van der Waals surface area contributed by atoms with Crippen LogP contribution in [0.3, 0.4) is 0 Å². The van der Waals surface area contributed by atoms with Crippen molar-refractivity contribution in [2.24, 2.45) is 0 Å². The molecule has 1 aromatic carbocycles. The zero-order valence-corrected chi connectivity index (χ0v) is 11.8. The van der Waals surface area contributed by atoms with Gasteiger partial charge in [0.15, 0.2) is 5.13 Å². The Bertz CT molecular complexity index is 703. The molecule has 0 radical (unpaired) electrons. The van der Waals surface area contributed by atoms with E-state index in [9.17, 15) is 0 Å². The Labute approximate surface area is 120 Å². The van der Waals surface area contributed by atoms with Gasteiger partial charge in [0.05, 0.1) is 12.2 Å². The van der Waals surface area contributed by atoms with Crippen molar-refractivity contribution in [1.29, 1.82) is 0 Å². The van der Waals surface area contributed by atoms with Gasteiger partial charge < -0.3 is 5.73 Å². The number of aryl methyl sites for hydroxylation is 1. The van der Waals surface area contributed by atoms with Crippen LogP contribution < -0.4 is 5.73 Å². The maximum absolute atomic E-state index is 5.84. The molecule has 102 valence electrons. The number of benzene rings is 1. The number of aromatic nitrogens is 5. The minimum atomic E-state index is 0.505. The average molecular weight is 286 g/mol. The van der Waals surface area contributed by atoms with Crippen LogP contribution in [0.15, 0.2) is 30.3 Å². The normalized spacial score (nSPS) is 10.8. The standard InChI is InChI=1S/C13H14N6S/c1-2-8-19-17-12(16-18-19)11-10(15-13(14)20-11)9-6-4-3-5-7-9/h3-7H,2,8H2,1H3,(H2,14,15). The highest BCUT2D eigenvalue weighted by molar-refractivity contribution is 7.19. The van der Waals surface area contributed by atoms with E-state index in [1.165, 1.54) is 11.3 Å². The molecule has 0 saturated carbocycles. The number of nitrogens with zero attached hydrogens (tertiary/aromatic N) is 5. The van der Waals surface area contributed by atoms with Crippen LogP contribution in [0.4, 0.5) is 5.13 Å². The van der Waals surface area contributed by atoms with Crippen LogP contribution in [0.5, 0.6) is 0 Å². The number of anilines is 1. The van der Waals surface area contributed by atoms with E-state index >= 15 is 0 Å². The van der Waals surface area contributed by atoms with Gasteiger partial charge in [-0.15, -0.1) is 10.2 Å². The monoisotopic (exact) mass is 286 g/mol. The summed E-state index contributed by atoms with van der Waals surface area (Å²) in [5, 5.41) is 13.0. The van der Waals surface area contributed by atoms with Gasteiger partial charge in [-0.05, 0) is 11.6 Å². The smallest absolute Gasteiger partial charge is 0.217 e. The second kappa shape index (κ2) is 5.38. The highest BCUT2D eigenvalue weighted by atomic mass is 32.1. The molecule has 7 heteroatoms. The lowest BCUT2D eigenvalue weighted by Gasteiger charge is -1.98. The number of nitrogen functional groups attached to an aromatic ring is 1. The summed E-state index contributed by atoms with van der Waals surface area (Å²) >= 11 is 1.38. The van der Waals surface area contributed by atoms with Crippen molar-refractivity contribution in [1.82, 2.24) is 25.2 Å². The lowest BCUT2D eigenvalue weighted by molar-refractivity contribution is 0.515. The lowest BCUT2D eigenvalue weighted by Crippen LogP contribution is -2.00. The van der Waals surface area contributed by atoms with E-state index in [4.69, 9.17) is 5.73 Å². The minimum Gasteiger partial charge on any atom is -0.375 e. The summed E-state index contributed by atoms with van der Waals surface area (Å²) in [5.74, 6) is 0.575. The van der Waals surface area contributed by atoms with Gasteiger partial charge in [0.25, 0.3) is 0 Å². The first-order valence-corrected chi connectivity index (χ1v) is 7.19. The molecule has 0 atom stereocenters. The van der Waals surface area contributed by atoms with Gasteiger partial charge in [0.1, 0.15) is 4.88 Å². The van der Waals surface area contributed by atoms with Crippen LogP contribution in [-0.2, 0) is 6.54 Å². The first-order valence-electron chi connectivity index (χ1n) is 6.38. The topological polar surface area (TPSA) is 82.5 Å². The SMILES string of the molecule is CCCn1nnc(-c2sc(N)nc2-c2ccccc2)n1. The summed E-state index contributed by atoms with van der Waals surface area (Å²) in [6.45, 7) is 2.82. The Morgan fingerprint density at radius 3 is 2.80 bits per heavy atom. The Morgan fingerprint density at radius 1 is 1.25 bits per heavy atom. The van der Waals surface area contributed by atoms with E-state index in [1.54, 1.807) is 4.80 Å². The fourth-order valence-corrected chi connectivity index (χ4v) is 2.69. The molecule has 0 aliphatic rings. The number of hydrogen-bond acceptors (Lipinski definition) is 6. The Morgan fingerprint density at radius 2 is 2.05 bits per heavy atom. The van der Waals surface area contributed by atoms with Crippen molar-refractivity contribution in [2.45, 2.75) is 19.9 Å². The van der Waals surface area contributed by atoms with Gasteiger partial charge in [0.2, 0.25) is 5.82 Å². The highest BCUT2D eigenvalue weighted by Crippen LogP contribution is 2.35. The van der Waals surface area contributed by atoms with Crippen LogP contribution in [0, 0.1) is 0 Å². The summed E-state index contributed by atoms with van der Waals surface area (Å²) in [6, 6.07) is 9.89. The predicted molar refractivity (Wildman–Crippen MR) is 79.1 cm³/mol. The van der Waals surface area contributed by atoms with Crippen molar-refractivity contribution in [3.8, 4) is 22.0 Å². The quantitative estimate of drug-likeness (QED) is 0.796. The van der Waals surface area contributed by atoms with Gasteiger partial charge >= 0.3 is 0 Å². The second-order valence-corrected chi connectivity index (χ2v) is 5.34. The van der Waals surface area contributed by atoms with E-state index in [2.05, 4.69) is 27.3 Å². The molecule has 6 nitrogen and oxygen atoms in total. The molecule has 3 aromatic rings. The summed E-state index contributed by atoms with van der Waals surface area (Å²) in [6.07, 6.45) is 0.964. The largest absolute Gasteiger partial charge is 0.375 e. The van der Waals surface area contributed by atoms with Gasteiger partial charge in [0, 0.05) is 5.56 Å². The zero-order valence-electron chi connectivity index (χ0n) is 11.0. The molecule has 3 rings (SSSR count). The molecule has 2 heterocycles. The molecule has 2 N–H and O–H groups in total. The van der Waals surface area contributed by atoms with Gasteiger partial charge in [-0.3, -0.25) is 0 Å². The highest BCUT2D eigenvalue weighted by Gasteiger charge is 2.17. The van der Waals surface area contributed by atoms with E-state index in [0.717, 1.165) is 29.1 Å². The third kappa shape index (κ3) is 2.39. The number of hydrogen-bond donors (Lipinski definition) is 1. The van der Waals surface area contributed by atoms with Crippen LogP contribution in [0.25, 0.3) is 22.0 Å². The third-order valence-electron chi connectivity index (χ3n) is 2.77. The summed E-state index contributed by atoms with van der Waals surface area (Å²) in [5.41, 5.74) is 7.66. The first-order chi connectivity index (χ1) is 9.78. The molecular formula is C13H14N6S. The molecule has 0 amide bonds. The number of tetrazole rings is 1. The van der Waals surface area contributed by atoms with Gasteiger partial charge in [-0.25, -0.2) is 4.98 Å². The maximum atomic E-state index is 5.84. The Balaban J connectivity index is 2.05. The summed E-state index contributed by atoms with van der Waals surface area (Å²) in [4.78, 5) is 6.85. The Kier molecular flexibility index (Phi) is 3.42. The first kappa shape index (κ1) is 12.7. The van der Waals surface area contributed by atoms with E-state index < -0.39 is 0 Å². The van der Waals surface area contributed by atoms with Crippen LogP contribution in [0.2, 0.25) is 0 Å². The third-order valence-corrected chi connectivity index (χ3v) is 3.65. The molecule has 0 aliphatic carbocycles. The van der Waals surface area contributed by atoms with E-state index in [0.29, 0.717) is 11.0 Å².